The van der Waals surface area contributed by atoms with E-state index in [4.69, 9.17) is 4.74 Å². The maximum atomic E-state index is 12.4. The van der Waals surface area contributed by atoms with Crippen molar-refractivity contribution in [2.24, 2.45) is 0 Å². The van der Waals surface area contributed by atoms with Crippen molar-refractivity contribution >= 4 is 29.3 Å². The highest BCUT2D eigenvalue weighted by atomic mass is 16.6. The molecule has 0 radical (unpaired) electrons. The minimum Gasteiger partial charge on any atom is -0.447 e. The summed E-state index contributed by atoms with van der Waals surface area (Å²) in [4.78, 5) is 36.0. The lowest BCUT2D eigenvalue weighted by Crippen LogP contribution is -2.23. The molecule has 3 rings (SSSR count). The second-order valence-corrected chi connectivity index (χ2v) is 5.82. The third-order valence-corrected chi connectivity index (χ3v) is 4.06. The van der Waals surface area contributed by atoms with Gasteiger partial charge in [0.25, 0.3) is 5.69 Å². The molecule has 0 bridgehead atoms. The molecule has 1 heterocycles. The molecule has 2 aromatic carbocycles. The number of ether oxygens (including phenoxy) is 1. The summed E-state index contributed by atoms with van der Waals surface area (Å²) in [6, 6.07) is 11.5. The number of hydrogen-bond acceptors (Lipinski definition) is 5. The first-order valence-corrected chi connectivity index (χ1v) is 7.97. The standard InChI is InChI=1S/C19H16N2O5/c1-13-5-6-14(11-17(13)21(24)25)7-8-18(22)15-3-2-4-16(12-15)20-9-10-26-19(20)23/h2-8,11-12H,9-10H2,1H3/b8-7+. The Morgan fingerprint density at radius 1 is 1.27 bits per heavy atom. The van der Waals surface area contributed by atoms with Crippen molar-refractivity contribution < 1.29 is 19.2 Å². The van der Waals surface area contributed by atoms with E-state index in [1.54, 1.807) is 43.3 Å². The summed E-state index contributed by atoms with van der Waals surface area (Å²) >= 11 is 0. The molecule has 0 N–H and O–H groups in total. The molecule has 0 atom stereocenters. The monoisotopic (exact) mass is 352 g/mol. The molecule has 0 aromatic heterocycles. The zero-order chi connectivity index (χ0) is 18.7. The maximum Gasteiger partial charge on any atom is 0.414 e. The molecule has 26 heavy (non-hydrogen) atoms. The fourth-order valence-corrected chi connectivity index (χ4v) is 2.65. The largest absolute Gasteiger partial charge is 0.447 e. The lowest BCUT2D eigenvalue weighted by Gasteiger charge is -2.13. The number of carbonyl (C=O) groups is 2. The first-order chi connectivity index (χ1) is 12.5. The molecule has 7 heteroatoms. The summed E-state index contributed by atoms with van der Waals surface area (Å²) in [7, 11) is 0. The topological polar surface area (TPSA) is 89.8 Å². The van der Waals surface area contributed by atoms with Crippen LogP contribution >= 0.6 is 0 Å². The second-order valence-electron chi connectivity index (χ2n) is 5.82. The summed E-state index contributed by atoms with van der Waals surface area (Å²) in [5.74, 6) is -0.261. The highest BCUT2D eigenvalue weighted by Crippen LogP contribution is 2.22. The maximum absolute atomic E-state index is 12.4. The first kappa shape index (κ1) is 17.3. The summed E-state index contributed by atoms with van der Waals surface area (Å²) < 4.78 is 4.90. The summed E-state index contributed by atoms with van der Waals surface area (Å²) in [5.41, 5.74) is 2.14. The van der Waals surface area contributed by atoms with E-state index in [9.17, 15) is 19.7 Å². The minimum absolute atomic E-state index is 0.00846. The van der Waals surface area contributed by atoms with Crippen molar-refractivity contribution in [3.63, 3.8) is 0 Å². The third kappa shape index (κ3) is 3.61. The number of hydrogen-bond donors (Lipinski definition) is 0. The van der Waals surface area contributed by atoms with Crippen LogP contribution in [0.25, 0.3) is 6.08 Å². The van der Waals surface area contributed by atoms with Crippen LogP contribution in [0.2, 0.25) is 0 Å². The number of ketones is 1. The highest BCUT2D eigenvalue weighted by Gasteiger charge is 2.23. The van der Waals surface area contributed by atoms with Gasteiger partial charge in [0.05, 0.1) is 11.5 Å². The quantitative estimate of drug-likeness (QED) is 0.354. The van der Waals surface area contributed by atoms with Gasteiger partial charge in [-0.15, -0.1) is 0 Å². The Morgan fingerprint density at radius 2 is 2.08 bits per heavy atom. The van der Waals surface area contributed by atoms with Crippen molar-refractivity contribution in [2.45, 2.75) is 6.92 Å². The van der Waals surface area contributed by atoms with E-state index < -0.39 is 11.0 Å². The molecule has 0 unspecified atom stereocenters. The molecule has 1 amide bonds. The number of nitro benzene ring substituents is 1. The molecule has 1 aliphatic rings. The van der Waals surface area contributed by atoms with Crippen LogP contribution in [-0.4, -0.2) is 30.0 Å². The number of benzene rings is 2. The summed E-state index contributed by atoms with van der Waals surface area (Å²) in [6.07, 6.45) is 2.46. The van der Waals surface area contributed by atoms with Gasteiger partial charge in [-0.3, -0.25) is 19.8 Å². The highest BCUT2D eigenvalue weighted by molar-refractivity contribution is 6.07. The van der Waals surface area contributed by atoms with E-state index in [-0.39, 0.29) is 11.5 Å². The number of carbonyl (C=O) groups excluding carboxylic acids is 2. The van der Waals surface area contributed by atoms with Gasteiger partial charge in [0, 0.05) is 22.9 Å². The molecule has 0 spiro atoms. The Bertz CT molecular complexity index is 920. The van der Waals surface area contributed by atoms with E-state index >= 15 is 0 Å². The molecule has 1 fully saturated rings. The van der Waals surface area contributed by atoms with Crippen LogP contribution in [0.15, 0.2) is 48.5 Å². The number of rotatable bonds is 5. The normalized spacial score (nSPS) is 13.9. The Kier molecular flexibility index (Phi) is 4.79. The van der Waals surface area contributed by atoms with E-state index in [0.717, 1.165) is 0 Å². The molecule has 1 aliphatic heterocycles. The number of nitro groups is 1. The van der Waals surface area contributed by atoms with Gasteiger partial charge in [-0.2, -0.15) is 0 Å². The Labute approximate surface area is 149 Å². The van der Waals surface area contributed by atoms with Crippen LogP contribution in [-0.2, 0) is 4.74 Å². The summed E-state index contributed by atoms with van der Waals surface area (Å²) in [5, 5.41) is 11.0. The smallest absolute Gasteiger partial charge is 0.414 e. The Morgan fingerprint density at radius 3 is 2.77 bits per heavy atom. The number of amides is 1. The van der Waals surface area contributed by atoms with Gasteiger partial charge in [-0.1, -0.05) is 30.3 Å². The Hall–Kier alpha value is -3.48. The van der Waals surface area contributed by atoms with Gasteiger partial charge in [0.1, 0.15) is 6.61 Å². The van der Waals surface area contributed by atoms with Gasteiger partial charge >= 0.3 is 6.09 Å². The van der Waals surface area contributed by atoms with Crippen molar-refractivity contribution in [1.29, 1.82) is 0 Å². The number of nitrogens with zero attached hydrogens (tertiary/aromatic N) is 2. The Balaban J connectivity index is 1.80. The van der Waals surface area contributed by atoms with Crippen molar-refractivity contribution in [3.05, 3.63) is 75.3 Å². The average Bonchev–Trinajstić information content (AvgIpc) is 3.06. The van der Waals surface area contributed by atoms with Crippen LogP contribution in [0, 0.1) is 17.0 Å². The second kappa shape index (κ2) is 7.18. The van der Waals surface area contributed by atoms with Gasteiger partial charge in [0.2, 0.25) is 0 Å². The van der Waals surface area contributed by atoms with E-state index in [1.807, 2.05) is 0 Å². The van der Waals surface area contributed by atoms with Gasteiger partial charge in [-0.25, -0.2) is 4.79 Å². The summed E-state index contributed by atoms with van der Waals surface area (Å²) in [6.45, 7) is 2.42. The zero-order valence-corrected chi connectivity index (χ0v) is 14.0. The van der Waals surface area contributed by atoms with Crippen LogP contribution in [0.1, 0.15) is 21.5 Å². The average molecular weight is 352 g/mol. The van der Waals surface area contributed by atoms with Gasteiger partial charge < -0.3 is 4.74 Å². The molecular formula is C19H16N2O5. The van der Waals surface area contributed by atoms with Gasteiger partial charge in [-0.05, 0) is 30.7 Å². The van der Waals surface area contributed by atoms with E-state index in [2.05, 4.69) is 0 Å². The van der Waals surface area contributed by atoms with Crippen LogP contribution in [0.4, 0.5) is 16.2 Å². The predicted octanol–water partition coefficient (Wildman–Crippen LogP) is 3.76. The van der Waals surface area contributed by atoms with Crippen LogP contribution in [0.5, 0.6) is 0 Å². The van der Waals surface area contributed by atoms with E-state index in [0.29, 0.717) is 35.5 Å². The molecule has 2 aromatic rings. The number of allylic oxidation sites excluding steroid dienone is 1. The zero-order valence-electron chi connectivity index (χ0n) is 14.0. The lowest BCUT2D eigenvalue weighted by molar-refractivity contribution is -0.385. The third-order valence-electron chi connectivity index (χ3n) is 4.06. The number of cyclic esters (lactones) is 1. The fourth-order valence-electron chi connectivity index (χ4n) is 2.65. The minimum atomic E-state index is -0.451. The SMILES string of the molecule is Cc1ccc(/C=C/C(=O)c2cccc(N3CCOC3=O)c2)cc1[N+](=O)[O-]. The first-order valence-electron chi connectivity index (χ1n) is 7.97. The predicted molar refractivity (Wildman–Crippen MR) is 96.3 cm³/mol. The van der Waals surface area contributed by atoms with Crippen LogP contribution in [0.3, 0.4) is 0 Å². The van der Waals surface area contributed by atoms with Crippen molar-refractivity contribution in [2.75, 3.05) is 18.1 Å². The molecule has 132 valence electrons. The van der Waals surface area contributed by atoms with Crippen molar-refractivity contribution in [3.8, 4) is 0 Å². The fraction of sp³-hybridized carbons (Fsp3) is 0.158. The lowest BCUT2D eigenvalue weighted by atomic mass is 10.1. The molecular weight excluding hydrogens is 336 g/mol. The molecule has 0 saturated carbocycles. The number of aryl methyl sites for hydroxylation is 1. The molecule has 0 aliphatic carbocycles. The number of anilines is 1. The van der Waals surface area contributed by atoms with Crippen LogP contribution < -0.4 is 4.90 Å². The van der Waals surface area contributed by atoms with E-state index in [1.165, 1.54) is 23.1 Å². The molecule has 7 nitrogen and oxygen atoms in total. The van der Waals surface area contributed by atoms with Crippen molar-refractivity contribution in [1.82, 2.24) is 0 Å². The van der Waals surface area contributed by atoms with Gasteiger partial charge in [0.15, 0.2) is 5.78 Å². The molecule has 1 saturated heterocycles.